The highest BCUT2D eigenvalue weighted by atomic mass is 32.2. The number of carbonyl (C=O) groups is 4. The van der Waals surface area contributed by atoms with Crippen LogP contribution < -0.4 is 36.2 Å². The van der Waals surface area contributed by atoms with Crippen molar-refractivity contribution in [2.24, 2.45) is 5.92 Å². The SMILES string of the molecule is CCN(CC)S(=O)(=O)c1ccc(NCCOC)c(C(=O)NCCC(C)C)c1.CCOCCCNC(=O)c1cc(S(=O)(=O)N(CC)CC)ccc1NCCOC.CN(c1ccccc1)c1ccccc1NCc1nnnn1-c1ccccc1.COc1ccccc1CC(=O)N(CC(F)(F)F)C1CCCOC1.Cc1ccccc1CC(=O)N(CC(F)(F)F)C1CCCOC1. The van der Waals surface area contributed by atoms with Crippen molar-refractivity contribution < 1.29 is 90.8 Å². The van der Waals surface area contributed by atoms with Gasteiger partial charge in [-0.2, -0.15) is 39.6 Å². The molecule has 0 bridgehead atoms. The van der Waals surface area contributed by atoms with Crippen molar-refractivity contribution in [2.45, 2.75) is 148 Å². The molecule has 0 saturated carbocycles. The summed E-state index contributed by atoms with van der Waals surface area (Å²) >= 11 is 0. The molecule has 3 heterocycles. The average molecular weight is 1820 g/mol. The molecule has 2 aliphatic heterocycles. The molecule has 2 unspecified atom stereocenters. The second-order valence-corrected chi connectivity index (χ2v) is 33.8. The molecular formula is C91H126F6N14O14S2. The van der Waals surface area contributed by atoms with Crippen LogP contribution in [0.2, 0.25) is 0 Å². The van der Waals surface area contributed by atoms with Crippen LogP contribution in [0.3, 0.4) is 0 Å². The molecule has 0 spiro atoms. The number of sulfonamides is 2. The maximum absolute atomic E-state index is 12.8. The molecule has 0 aliphatic carbocycles. The minimum absolute atomic E-state index is 0.0146. The molecule has 8 aromatic rings. The zero-order valence-electron chi connectivity index (χ0n) is 74.8. The number of hydrogen-bond donors (Lipinski definition) is 5. The van der Waals surface area contributed by atoms with Gasteiger partial charge in [-0.25, -0.2) is 16.8 Å². The van der Waals surface area contributed by atoms with Crippen molar-refractivity contribution in [3.63, 3.8) is 0 Å². The Hall–Kier alpha value is -10.3. The van der Waals surface area contributed by atoms with Crippen LogP contribution in [-0.4, -0.2) is 250 Å². The highest BCUT2D eigenvalue weighted by Gasteiger charge is 2.39. The molecule has 1 aromatic heterocycles. The summed E-state index contributed by atoms with van der Waals surface area (Å²) < 4.78 is 164. The smallest absolute Gasteiger partial charge is 0.406 e. The van der Waals surface area contributed by atoms with Gasteiger partial charge < -0.3 is 69.7 Å². The molecule has 2 fully saturated rings. The third-order valence-electron chi connectivity index (χ3n) is 20.4. The first-order valence-electron chi connectivity index (χ1n) is 42.7. The number of ether oxygens (including phenoxy) is 6. The second kappa shape index (κ2) is 54.8. The van der Waals surface area contributed by atoms with Crippen LogP contribution in [0.15, 0.2) is 180 Å². The van der Waals surface area contributed by atoms with Crippen LogP contribution in [0.4, 0.5) is 54.8 Å². The summed E-state index contributed by atoms with van der Waals surface area (Å²) in [5, 5.41) is 27.5. The Morgan fingerprint density at radius 2 is 1.03 bits per heavy atom. The summed E-state index contributed by atoms with van der Waals surface area (Å²) in [6.45, 7) is 20.2. The monoisotopic (exact) mass is 1820 g/mol. The molecular weight excluding hydrogens is 1690 g/mol. The lowest BCUT2D eigenvalue weighted by molar-refractivity contribution is -0.169. The number of benzene rings is 7. The van der Waals surface area contributed by atoms with E-state index in [4.69, 9.17) is 28.4 Å². The zero-order valence-corrected chi connectivity index (χ0v) is 76.4. The quantitative estimate of drug-likeness (QED) is 0.0176. The Kier molecular flexibility index (Phi) is 45.5. The summed E-state index contributed by atoms with van der Waals surface area (Å²) in [6.07, 6.45) is -5.04. The summed E-state index contributed by atoms with van der Waals surface area (Å²) in [6, 6.07) is 50.6. The number of aromatic nitrogens is 4. The number of para-hydroxylation sites is 5. The molecule has 4 amide bonds. The number of nitrogens with one attached hydrogen (secondary N) is 5. The van der Waals surface area contributed by atoms with Crippen molar-refractivity contribution in [2.75, 3.05) is 168 Å². The van der Waals surface area contributed by atoms with Gasteiger partial charge in [-0.15, -0.1) is 5.10 Å². The average Bonchev–Trinajstić information content (AvgIpc) is 1.45. The molecule has 36 heteroatoms. The largest absolute Gasteiger partial charge is 0.496 e. The second-order valence-electron chi connectivity index (χ2n) is 29.9. The number of nitrogens with zero attached hydrogens (tertiary/aromatic N) is 9. The Morgan fingerprint density at radius 1 is 0.559 bits per heavy atom. The van der Waals surface area contributed by atoms with Gasteiger partial charge in [0, 0.05) is 123 Å². The van der Waals surface area contributed by atoms with Crippen LogP contribution >= 0.6 is 0 Å². The van der Waals surface area contributed by atoms with Crippen LogP contribution in [0, 0.1) is 12.8 Å². The number of aryl methyl sites for hydroxylation is 1. The van der Waals surface area contributed by atoms with E-state index in [9.17, 15) is 62.4 Å². The number of halogens is 6. The van der Waals surface area contributed by atoms with Gasteiger partial charge in [0.25, 0.3) is 11.8 Å². The normalized spacial score (nSPS) is 14.0. The van der Waals surface area contributed by atoms with Crippen molar-refractivity contribution in [3.05, 3.63) is 203 Å². The third-order valence-corrected chi connectivity index (χ3v) is 24.5. The lowest BCUT2D eigenvalue weighted by Gasteiger charge is -2.35. The van der Waals surface area contributed by atoms with Gasteiger partial charge in [-0.05, 0) is 159 Å². The van der Waals surface area contributed by atoms with Crippen LogP contribution in [0.25, 0.3) is 5.69 Å². The molecule has 698 valence electrons. The first kappa shape index (κ1) is 105. The number of tetrazole rings is 1. The van der Waals surface area contributed by atoms with Crippen LogP contribution in [0.5, 0.6) is 5.75 Å². The predicted molar refractivity (Wildman–Crippen MR) is 481 cm³/mol. The van der Waals surface area contributed by atoms with Gasteiger partial charge in [-0.3, -0.25) is 19.2 Å². The minimum atomic E-state index is -4.44. The van der Waals surface area contributed by atoms with Gasteiger partial charge in [0.1, 0.15) is 18.8 Å². The summed E-state index contributed by atoms with van der Waals surface area (Å²) in [4.78, 5) is 54.5. The maximum atomic E-state index is 12.8. The Balaban J connectivity index is 0.000000246. The molecule has 7 aromatic carbocycles. The number of amides is 4. The van der Waals surface area contributed by atoms with E-state index >= 15 is 0 Å². The molecule has 2 atom stereocenters. The third kappa shape index (κ3) is 35.0. The highest BCUT2D eigenvalue weighted by molar-refractivity contribution is 7.89. The predicted octanol–water partition coefficient (Wildman–Crippen LogP) is 14.4. The van der Waals surface area contributed by atoms with E-state index in [1.165, 1.54) is 40.0 Å². The van der Waals surface area contributed by atoms with Crippen molar-refractivity contribution >= 4 is 72.1 Å². The lowest BCUT2D eigenvalue weighted by Crippen LogP contribution is -2.49. The first-order valence-corrected chi connectivity index (χ1v) is 45.5. The fraction of sp³-hybridized carbons (Fsp3) is 0.484. The molecule has 5 N–H and O–H groups in total. The van der Waals surface area contributed by atoms with E-state index in [2.05, 4.69) is 92.2 Å². The number of alkyl halides is 6. The van der Waals surface area contributed by atoms with E-state index in [1.807, 2.05) is 86.6 Å². The Bertz CT molecular complexity index is 4830. The van der Waals surface area contributed by atoms with Gasteiger partial charge in [0.15, 0.2) is 5.82 Å². The molecule has 28 nitrogen and oxygen atoms in total. The fourth-order valence-corrected chi connectivity index (χ4v) is 16.5. The topological polar surface area (TPSA) is 312 Å². The number of hydrogen-bond acceptors (Lipinski definition) is 21. The van der Waals surface area contributed by atoms with E-state index in [0.29, 0.717) is 170 Å². The van der Waals surface area contributed by atoms with Crippen molar-refractivity contribution in [3.8, 4) is 11.4 Å². The summed E-state index contributed by atoms with van der Waals surface area (Å²) in [5.74, 6) is 0.0367. The van der Waals surface area contributed by atoms with Gasteiger partial charge >= 0.3 is 12.4 Å². The number of methoxy groups -OCH3 is 3. The Labute approximate surface area is 744 Å². The molecule has 127 heavy (non-hydrogen) atoms. The van der Waals surface area contributed by atoms with Crippen molar-refractivity contribution in [1.29, 1.82) is 0 Å². The number of rotatable bonds is 41. The van der Waals surface area contributed by atoms with Gasteiger partial charge in [-0.1, -0.05) is 133 Å². The van der Waals surface area contributed by atoms with Crippen molar-refractivity contribution in [1.82, 2.24) is 49.3 Å². The maximum Gasteiger partial charge on any atom is 0.406 e. The molecule has 0 radical (unpaired) electrons. The highest BCUT2D eigenvalue weighted by Crippen LogP contribution is 2.33. The number of carbonyl (C=O) groups excluding carboxylic acids is 4. The van der Waals surface area contributed by atoms with Crippen LogP contribution in [0.1, 0.15) is 130 Å². The molecule has 2 aliphatic rings. The summed E-state index contributed by atoms with van der Waals surface area (Å²) in [5.41, 5.74) is 8.18. The van der Waals surface area contributed by atoms with Crippen LogP contribution in [-0.2, 0) is 72.7 Å². The molecule has 10 rings (SSSR count). The van der Waals surface area contributed by atoms with Gasteiger partial charge in [0.05, 0.1) is 103 Å². The molecule has 2 saturated heterocycles. The fourth-order valence-electron chi connectivity index (χ4n) is 13.6. The van der Waals surface area contributed by atoms with Gasteiger partial charge in [0.2, 0.25) is 31.9 Å². The summed E-state index contributed by atoms with van der Waals surface area (Å²) in [7, 11) is -0.571. The first-order chi connectivity index (χ1) is 60.8. The lowest BCUT2D eigenvalue weighted by atomic mass is 10.0. The van der Waals surface area contributed by atoms with E-state index < -0.39 is 69.4 Å². The standard InChI is InChI=1S/C21H20N6.C19H33N3O5S.C19H33N3O4S.C16H20F3NO3.C16H20F3NO2/c1-26(17-10-4-2-5-11-17)20-15-9-8-14-19(20)22-16-21-23-24-25-27(21)18-12-6-3-7-13-18;1-5-22(6-2)28(24,25)16-9-10-18(20-12-14-26-4)17(15-16)19(23)21-11-8-13-27-7-3;1-6-22(7-2)27(24,25)16-8-9-18(20-12-13-26-5)17(14-16)19(23)21-11-10-15(3)4;1-22-14-7-3-2-5-12(14)9-15(21)20(11-16(17,18)19)13-6-4-8-23-10-13;1-12-5-2-3-6-13(12)9-15(21)20(11-16(17,18)19)14-7-4-8-22-10-14/h2-15,22H,16H2,1H3;9-10,15,20H,5-8,11-14H2,1-4H3,(H,21,23);8-9,14-15,20H,6-7,10-13H2,1-5H3,(H,21,23);2-3,5,7,13H,4,6,8-11H2,1H3;2-3,5-6,14H,4,7-11H2,1H3. The zero-order chi connectivity index (χ0) is 93.0. The Morgan fingerprint density at radius 3 is 1.50 bits per heavy atom. The number of anilines is 5. The van der Waals surface area contributed by atoms with E-state index in [1.54, 1.807) is 95.1 Å². The van der Waals surface area contributed by atoms with E-state index in [-0.39, 0.29) is 47.7 Å². The van der Waals surface area contributed by atoms with E-state index in [0.717, 1.165) is 55.9 Å². The minimum Gasteiger partial charge on any atom is -0.496 e.